The molecule has 2 aromatic rings. The first-order chi connectivity index (χ1) is 9.15. The summed E-state index contributed by atoms with van der Waals surface area (Å²) in [6.07, 6.45) is 1.99. The summed E-state index contributed by atoms with van der Waals surface area (Å²) in [7, 11) is 0. The molecule has 0 aliphatic heterocycles. The molecule has 0 unspecified atom stereocenters. The SMILES string of the molecule is CCC(CC)(CN)C(=O)Cc1nc2ccccc2s1. The number of ketones is 1. The van der Waals surface area contributed by atoms with Gasteiger partial charge in [-0.05, 0) is 25.0 Å². The normalized spacial score (nSPS) is 11.9. The molecule has 2 rings (SSSR count). The fourth-order valence-corrected chi connectivity index (χ4v) is 3.33. The Kier molecular flexibility index (Phi) is 4.32. The molecule has 0 aliphatic carbocycles. The van der Waals surface area contributed by atoms with Crippen molar-refractivity contribution in [3.05, 3.63) is 29.3 Å². The largest absolute Gasteiger partial charge is 0.329 e. The van der Waals surface area contributed by atoms with Crippen LogP contribution in [0.1, 0.15) is 31.7 Å². The standard InChI is InChI=1S/C15H20N2OS/c1-3-15(4-2,10-16)13(18)9-14-17-11-7-5-6-8-12(11)19-14/h5-8H,3-4,9-10,16H2,1-2H3. The number of aromatic nitrogens is 1. The number of hydrogen-bond acceptors (Lipinski definition) is 4. The van der Waals surface area contributed by atoms with Gasteiger partial charge in [0.05, 0.1) is 16.6 Å². The van der Waals surface area contributed by atoms with Crippen molar-refractivity contribution in [2.45, 2.75) is 33.1 Å². The van der Waals surface area contributed by atoms with Gasteiger partial charge in [0.15, 0.2) is 0 Å². The van der Waals surface area contributed by atoms with Crippen LogP contribution in [-0.2, 0) is 11.2 Å². The predicted octanol–water partition coefficient (Wildman–Crippen LogP) is 3.17. The minimum Gasteiger partial charge on any atom is -0.329 e. The zero-order chi connectivity index (χ0) is 13.9. The number of Topliss-reactive ketones (excluding diaryl/α,β-unsaturated/α-hetero) is 1. The van der Waals surface area contributed by atoms with E-state index in [1.807, 2.05) is 38.1 Å². The molecule has 0 spiro atoms. The summed E-state index contributed by atoms with van der Waals surface area (Å²) >= 11 is 1.60. The molecule has 0 aliphatic rings. The van der Waals surface area contributed by atoms with Crippen molar-refractivity contribution in [1.29, 1.82) is 0 Å². The third-order valence-electron chi connectivity index (χ3n) is 3.99. The lowest BCUT2D eigenvalue weighted by molar-refractivity contribution is -0.128. The summed E-state index contributed by atoms with van der Waals surface area (Å²) in [6.45, 7) is 4.49. The van der Waals surface area contributed by atoms with Crippen LogP contribution in [0, 0.1) is 5.41 Å². The van der Waals surface area contributed by atoms with Gasteiger partial charge in [-0.2, -0.15) is 0 Å². The highest BCUT2D eigenvalue weighted by atomic mass is 32.1. The van der Waals surface area contributed by atoms with E-state index in [0.717, 1.165) is 28.1 Å². The molecule has 0 saturated heterocycles. The van der Waals surface area contributed by atoms with Crippen LogP contribution in [-0.4, -0.2) is 17.3 Å². The van der Waals surface area contributed by atoms with Gasteiger partial charge < -0.3 is 5.73 Å². The Balaban J connectivity index is 2.22. The molecule has 1 aromatic heterocycles. The minimum atomic E-state index is -0.377. The van der Waals surface area contributed by atoms with Crippen molar-refractivity contribution in [1.82, 2.24) is 4.98 Å². The van der Waals surface area contributed by atoms with E-state index in [-0.39, 0.29) is 11.2 Å². The van der Waals surface area contributed by atoms with E-state index in [4.69, 9.17) is 5.73 Å². The molecular weight excluding hydrogens is 256 g/mol. The Morgan fingerprint density at radius 1 is 1.32 bits per heavy atom. The van der Waals surface area contributed by atoms with Crippen molar-refractivity contribution >= 4 is 27.3 Å². The molecular formula is C15H20N2OS. The van der Waals surface area contributed by atoms with Crippen molar-refractivity contribution in [2.75, 3.05) is 6.54 Å². The highest BCUT2D eigenvalue weighted by Crippen LogP contribution is 2.29. The number of fused-ring (bicyclic) bond motifs is 1. The van der Waals surface area contributed by atoms with E-state index in [2.05, 4.69) is 4.98 Å². The third kappa shape index (κ3) is 2.69. The molecule has 102 valence electrons. The van der Waals surface area contributed by atoms with Gasteiger partial charge in [-0.3, -0.25) is 4.79 Å². The Labute approximate surface area is 117 Å². The van der Waals surface area contributed by atoms with Crippen LogP contribution in [0.25, 0.3) is 10.2 Å². The summed E-state index contributed by atoms with van der Waals surface area (Å²) in [5.41, 5.74) is 6.42. The summed E-state index contributed by atoms with van der Waals surface area (Å²) in [5.74, 6) is 0.221. The molecule has 3 nitrogen and oxygen atoms in total. The van der Waals surface area contributed by atoms with Gasteiger partial charge in [0.1, 0.15) is 10.8 Å². The fraction of sp³-hybridized carbons (Fsp3) is 0.467. The highest BCUT2D eigenvalue weighted by Gasteiger charge is 2.33. The molecule has 0 atom stereocenters. The molecule has 0 bridgehead atoms. The lowest BCUT2D eigenvalue weighted by Crippen LogP contribution is -2.38. The molecule has 19 heavy (non-hydrogen) atoms. The fourth-order valence-electron chi connectivity index (χ4n) is 2.37. The van der Waals surface area contributed by atoms with Crippen molar-refractivity contribution in [3.63, 3.8) is 0 Å². The number of nitrogens with two attached hydrogens (primary N) is 1. The van der Waals surface area contributed by atoms with E-state index in [9.17, 15) is 4.79 Å². The summed E-state index contributed by atoms with van der Waals surface area (Å²) in [5, 5.41) is 0.894. The maximum Gasteiger partial charge on any atom is 0.147 e. The van der Waals surface area contributed by atoms with Crippen molar-refractivity contribution in [2.24, 2.45) is 11.1 Å². The van der Waals surface area contributed by atoms with E-state index >= 15 is 0 Å². The van der Waals surface area contributed by atoms with Gasteiger partial charge in [-0.25, -0.2) is 4.98 Å². The van der Waals surface area contributed by atoms with Gasteiger partial charge in [-0.15, -0.1) is 11.3 Å². The van der Waals surface area contributed by atoms with E-state index < -0.39 is 0 Å². The molecule has 0 radical (unpaired) electrons. The van der Waals surface area contributed by atoms with Crippen LogP contribution in [0.5, 0.6) is 0 Å². The van der Waals surface area contributed by atoms with Crippen LogP contribution in [0.3, 0.4) is 0 Å². The lowest BCUT2D eigenvalue weighted by atomic mass is 9.77. The maximum absolute atomic E-state index is 12.5. The molecule has 2 N–H and O–H groups in total. The Bertz CT molecular complexity index is 531. The zero-order valence-corrected chi connectivity index (χ0v) is 12.3. The lowest BCUT2D eigenvalue weighted by Gasteiger charge is -2.27. The smallest absolute Gasteiger partial charge is 0.147 e. The second-order valence-corrected chi connectivity index (χ2v) is 5.98. The number of rotatable bonds is 6. The van der Waals surface area contributed by atoms with E-state index in [1.54, 1.807) is 11.3 Å². The Morgan fingerprint density at radius 2 is 2.00 bits per heavy atom. The highest BCUT2D eigenvalue weighted by molar-refractivity contribution is 7.18. The van der Waals surface area contributed by atoms with Crippen molar-refractivity contribution < 1.29 is 4.79 Å². The zero-order valence-electron chi connectivity index (χ0n) is 11.5. The Morgan fingerprint density at radius 3 is 2.58 bits per heavy atom. The van der Waals surface area contributed by atoms with Gasteiger partial charge in [0, 0.05) is 12.0 Å². The number of hydrogen-bond donors (Lipinski definition) is 1. The molecule has 4 heteroatoms. The van der Waals surface area contributed by atoms with Crippen LogP contribution in [0.2, 0.25) is 0 Å². The predicted molar refractivity (Wildman–Crippen MR) is 80.4 cm³/mol. The average molecular weight is 276 g/mol. The van der Waals surface area contributed by atoms with Gasteiger partial charge in [-0.1, -0.05) is 26.0 Å². The number of para-hydroxylation sites is 1. The number of carbonyl (C=O) groups excluding carboxylic acids is 1. The van der Waals surface area contributed by atoms with Crippen LogP contribution < -0.4 is 5.73 Å². The molecule has 0 saturated carbocycles. The van der Waals surface area contributed by atoms with Crippen LogP contribution in [0.15, 0.2) is 24.3 Å². The molecule has 1 aromatic carbocycles. The maximum atomic E-state index is 12.5. The van der Waals surface area contributed by atoms with Gasteiger partial charge in [0.25, 0.3) is 0 Å². The van der Waals surface area contributed by atoms with Gasteiger partial charge >= 0.3 is 0 Å². The number of thiazole rings is 1. The summed E-state index contributed by atoms with van der Waals surface area (Å²) < 4.78 is 1.14. The number of carbonyl (C=O) groups is 1. The summed E-state index contributed by atoms with van der Waals surface area (Å²) in [6, 6.07) is 7.98. The average Bonchev–Trinajstić information content (AvgIpc) is 2.83. The Hall–Kier alpha value is -1.26. The quantitative estimate of drug-likeness (QED) is 0.881. The first kappa shape index (κ1) is 14.2. The monoisotopic (exact) mass is 276 g/mol. The number of nitrogens with zero attached hydrogens (tertiary/aromatic N) is 1. The summed E-state index contributed by atoms with van der Waals surface area (Å²) in [4.78, 5) is 17.0. The molecule has 1 heterocycles. The first-order valence-corrected chi connectivity index (χ1v) is 7.54. The molecule has 0 amide bonds. The van der Waals surface area contributed by atoms with E-state index in [0.29, 0.717) is 13.0 Å². The topological polar surface area (TPSA) is 56.0 Å². The van der Waals surface area contributed by atoms with Gasteiger partial charge in [0.2, 0.25) is 0 Å². The van der Waals surface area contributed by atoms with Crippen LogP contribution >= 0.6 is 11.3 Å². The van der Waals surface area contributed by atoms with Crippen molar-refractivity contribution in [3.8, 4) is 0 Å². The number of benzene rings is 1. The van der Waals surface area contributed by atoms with E-state index in [1.165, 1.54) is 0 Å². The molecule has 0 fully saturated rings. The minimum absolute atomic E-state index is 0.221. The van der Waals surface area contributed by atoms with Crippen LogP contribution in [0.4, 0.5) is 0 Å². The third-order valence-corrected chi connectivity index (χ3v) is 5.02. The first-order valence-electron chi connectivity index (χ1n) is 6.73. The second-order valence-electron chi connectivity index (χ2n) is 4.87. The second kappa shape index (κ2) is 5.80.